The number of carbonyl (C=O) groups excluding carboxylic acids is 2. The third-order valence-corrected chi connectivity index (χ3v) is 5.66. The summed E-state index contributed by atoms with van der Waals surface area (Å²) in [6, 6.07) is 12.0. The van der Waals surface area contributed by atoms with Gasteiger partial charge in [0.25, 0.3) is 5.91 Å². The number of nitrogens with one attached hydrogen (secondary N) is 1. The van der Waals surface area contributed by atoms with Crippen LogP contribution in [0.1, 0.15) is 34.7 Å². The number of carbonyl (C=O) groups is 2. The first-order valence-corrected chi connectivity index (χ1v) is 10.5. The minimum Gasteiger partial charge on any atom is -0.872 e. The molecule has 31 heavy (non-hydrogen) atoms. The van der Waals surface area contributed by atoms with E-state index >= 15 is 0 Å². The lowest BCUT2D eigenvalue weighted by Crippen LogP contribution is -3.05. The van der Waals surface area contributed by atoms with E-state index in [1.165, 1.54) is 4.90 Å². The molecule has 1 aliphatic heterocycles. The molecule has 2 aromatic rings. The van der Waals surface area contributed by atoms with Crippen molar-refractivity contribution < 1.29 is 24.3 Å². The third kappa shape index (κ3) is 4.64. The molecule has 1 amide bonds. The Labute approximate surface area is 183 Å². The van der Waals surface area contributed by atoms with Crippen molar-refractivity contribution in [2.75, 3.05) is 34.3 Å². The molecule has 1 aliphatic rings. The zero-order valence-electron chi connectivity index (χ0n) is 18.8. The molecule has 0 radical (unpaired) electrons. The number of amides is 1. The fraction of sp³-hybridized carbons (Fsp3) is 0.360. The number of ketones is 1. The lowest BCUT2D eigenvalue weighted by atomic mass is 9.94. The van der Waals surface area contributed by atoms with Crippen LogP contribution in [0.2, 0.25) is 0 Å². The minimum absolute atomic E-state index is 0.0237. The molecular formula is C25H30N2O4. The van der Waals surface area contributed by atoms with E-state index in [0.29, 0.717) is 17.9 Å². The van der Waals surface area contributed by atoms with Crippen molar-refractivity contribution in [1.82, 2.24) is 4.90 Å². The Morgan fingerprint density at radius 1 is 1.10 bits per heavy atom. The summed E-state index contributed by atoms with van der Waals surface area (Å²) in [4.78, 5) is 28.7. The number of methoxy groups -OCH3 is 1. The summed E-state index contributed by atoms with van der Waals surface area (Å²) in [6.45, 7) is 5.10. The summed E-state index contributed by atoms with van der Waals surface area (Å²) in [5, 5.41) is 13.5. The fourth-order valence-electron chi connectivity index (χ4n) is 3.97. The molecule has 0 spiro atoms. The van der Waals surface area contributed by atoms with Gasteiger partial charge in [0.2, 0.25) is 5.78 Å². The topological polar surface area (TPSA) is 74.1 Å². The largest absolute Gasteiger partial charge is 0.872 e. The van der Waals surface area contributed by atoms with Gasteiger partial charge in [-0.05, 0) is 42.7 Å². The van der Waals surface area contributed by atoms with Crippen molar-refractivity contribution in [2.45, 2.75) is 26.3 Å². The van der Waals surface area contributed by atoms with Crippen LogP contribution in [0.25, 0.3) is 5.76 Å². The number of likely N-dealkylation sites (tertiary alicyclic amines) is 1. The molecule has 164 valence electrons. The highest BCUT2D eigenvalue weighted by atomic mass is 16.5. The second kappa shape index (κ2) is 9.35. The monoisotopic (exact) mass is 422 g/mol. The average molecular weight is 423 g/mol. The molecule has 0 aliphatic carbocycles. The second-order valence-electron chi connectivity index (χ2n) is 8.38. The number of aryl methyl sites for hydroxylation is 2. The van der Waals surface area contributed by atoms with Gasteiger partial charge in [0.05, 0.1) is 33.8 Å². The first-order valence-electron chi connectivity index (χ1n) is 10.5. The molecule has 1 heterocycles. The van der Waals surface area contributed by atoms with E-state index in [9.17, 15) is 14.7 Å². The van der Waals surface area contributed by atoms with E-state index in [1.54, 1.807) is 30.2 Å². The Morgan fingerprint density at radius 2 is 1.77 bits per heavy atom. The van der Waals surface area contributed by atoms with Gasteiger partial charge in [-0.3, -0.25) is 9.59 Å². The van der Waals surface area contributed by atoms with Crippen LogP contribution >= 0.6 is 0 Å². The first-order chi connectivity index (χ1) is 14.7. The lowest BCUT2D eigenvalue weighted by molar-refractivity contribution is -0.858. The number of Topliss-reactive ketones (excluding diaryl/α,β-unsaturated/α-hetero) is 1. The molecule has 1 N–H and O–H groups in total. The zero-order chi connectivity index (χ0) is 22.7. The normalized spacial score (nSPS) is 18.1. The number of nitrogens with zero attached hydrogens (tertiary/aromatic N) is 1. The molecule has 2 aromatic carbocycles. The van der Waals surface area contributed by atoms with E-state index in [-0.39, 0.29) is 5.57 Å². The van der Waals surface area contributed by atoms with Gasteiger partial charge in [-0.25, -0.2) is 0 Å². The number of rotatable bonds is 7. The molecule has 1 saturated heterocycles. The molecule has 6 nitrogen and oxygen atoms in total. The van der Waals surface area contributed by atoms with E-state index in [4.69, 9.17) is 4.74 Å². The fourth-order valence-corrected chi connectivity index (χ4v) is 3.97. The Hall–Kier alpha value is -3.12. The van der Waals surface area contributed by atoms with Crippen molar-refractivity contribution >= 4 is 17.4 Å². The smallest absolute Gasteiger partial charge is 0.295 e. The summed E-state index contributed by atoms with van der Waals surface area (Å²) in [7, 11) is 5.65. The highest BCUT2D eigenvalue weighted by Gasteiger charge is 2.43. The van der Waals surface area contributed by atoms with Gasteiger partial charge < -0.3 is 19.6 Å². The second-order valence-corrected chi connectivity index (χ2v) is 8.38. The van der Waals surface area contributed by atoms with E-state index in [0.717, 1.165) is 29.7 Å². The molecule has 1 atom stereocenters. The lowest BCUT2D eigenvalue weighted by Gasteiger charge is -2.28. The number of ether oxygens (including phenoxy) is 1. The number of hydrogen-bond acceptors (Lipinski definition) is 4. The van der Waals surface area contributed by atoms with Gasteiger partial charge in [-0.1, -0.05) is 41.7 Å². The van der Waals surface area contributed by atoms with E-state index in [2.05, 4.69) is 0 Å². The summed E-state index contributed by atoms with van der Waals surface area (Å²) >= 11 is 0. The van der Waals surface area contributed by atoms with Crippen LogP contribution in [-0.2, 0) is 9.59 Å². The predicted molar refractivity (Wildman–Crippen MR) is 118 cm³/mol. The molecule has 0 bridgehead atoms. The summed E-state index contributed by atoms with van der Waals surface area (Å²) in [6.07, 6.45) is 0.743. The molecule has 6 heteroatoms. The summed E-state index contributed by atoms with van der Waals surface area (Å²) in [5.74, 6) is -1.05. The Morgan fingerprint density at radius 3 is 2.35 bits per heavy atom. The van der Waals surface area contributed by atoms with Gasteiger partial charge >= 0.3 is 0 Å². The van der Waals surface area contributed by atoms with Gasteiger partial charge in [-0.15, -0.1) is 0 Å². The van der Waals surface area contributed by atoms with Crippen LogP contribution in [0.3, 0.4) is 0 Å². The van der Waals surface area contributed by atoms with Gasteiger partial charge in [0.1, 0.15) is 5.75 Å². The van der Waals surface area contributed by atoms with Crippen LogP contribution < -0.4 is 14.7 Å². The van der Waals surface area contributed by atoms with Crippen LogP contribution in [-0.4, -0.2) is 50.9 Å². The van der Waals surface area contributed by atoms with Gasteiger partial charge in [-0.2, -0.15) is 0 Å². The molecule has 0 aromatic heterocycles. The van der Waals surface area contributed by atoms with Crippen molar-refractivity contribution in [1.29, 1.82) is 0 Å². The van der Waals surface area contributed by atoms with Crippen molar-refractivity contribution in [3.8, 4) is 5.75 Å². The third-order valence-electron chi connectivity index (χ3n) is 5.66. The van der Waals surface area contributed by atoms with Gasteiger partial charge in [0, 0.05) is 18.5 Å². The molecular weight excluding hydrogens is 392 g/mol. The zero-order valence-corrected chi connectivity index (χ0v) is 18.8. The SMILES string of the molecule is COc1ccc(/C([O-])=C2\C(=O)C(=O)N(CCC[NH+](C)C)C2c2ccc(C)cc2)cc1C. The number of hydrogen-bond donors (Lipinski definition) is 1. The van der Waals surface area contributed by atoms with Crippen LogP contribution in [0.15, 0.2) is 48.0 Å². The maximum atomic E-state index is 13.5. The molecule has 3 rings (SSSR count). The van der Waals surface area contributed by atoms with Crippen molar-refractivity contribution in [3.63, 3.8) is 0 Å². The van der Waals surface area contributed by atoms with Crippen molar-refractivity contribution in [3.05, 3.63) is 70.3 Å². The van der Waals surface area contributed by atoms with Gasteiger partial charge in [0.15, 0.2) is 0 Å². The average Bonchev–Trinajstić information content (AvgIpc) is 2.98. The summed E-state index contributed by atoms with van der Waals surface area (Å²) < 4.78 is 5.28. The predicted octanol–water partition coefficient (Wildman–Crippen LogP) is 1.07. The molecule has 1 unspecified atom stereocenters. The van der Waals surface area contributed by atoms with Crippen LogP contribution in [0, 0.1) is 13.8 Å². The molecule has 1 fully saturated rings. The quantitative estimate of drug-likeness (QED) is 0.412. The summed E-state index contributed by atoms with van der Waals surface area (Å²) in [5.41, 5.74) is 3.04. The number of benzene rings is 2. The van der Waals surface area contributed by atoms with Crippen molar-refractivity contribution in [2.24, 2.45) is 0 Å². The maximum Gasteiger partial charge on any atom is 0.295 e. The first kappa shape index (κ1) is 22.6. The Kier molecular flexibility index (Phi) is 6.81. The van der Waals surface area contributed by atoms with E-state index in [1.807, 2.05) is 52.2 Å². The maximum absolute atomic E-state index is 13.5. The Bertz CT molecular complexity index is 1010. The van der Waals surface area contributed by atoms with E-state index < -0.39 is 23.5 Å². The highest BCUT2D eigenvalue weighted by molar-refractivity contribution is 6.46. The Balaban J connectivity index is 2.10. The van der Waals surface area contributed by atoms with Crippen LogP contribution in [0.4, 0.5) is 0 Å². The minimum atomic E-state index is -0.707. The van der Waals surface area contributed by atoms with Crippen LogP contribution in [0.5, 0.6) is 5.75 Å². The standard InChI is InChI=1S/C25H30N2O4/c1-16-7-9-18(10-8-16)22-21(23(28)19-11-12-20(31-5)17(2)15-19)24(29)25(30)27(22)14-6-13-26(3)4/h7-12,15,22,28H,6,13-14H2,1-5H3/b23-21+. The highest BCUT2D eigenvalue weighted by Crippen LogP contribution is 2.39. The molecule has 0 saturated carbocycles. The number of quaternary nitrogens is 1.